The Morgan fingerprint density at radius 1 is 0.900 bits per heavy atom. The molecule has 0 atom stereocenters. The first-order valence-corrected chi connectivity index (χ1v) is 5.28. The molecule has 1 aromatic heterocycles. The smallest absolute Gasteiger partial charge is 0.254 e. The number of ether oxygens (including phenoxy) is 1. The van der Waals surface area contributed by atoms with Crippen molar-refractivity contribution in [3.05, 3.63) is 47.8 Å². The fourth-order valence-corrected chi connectivity index (χ4v) is 1.32. The summed E-state index contributed by atoms with van der Waals surface area (Å²) in [4.78, 5) is 2.41. The van der Waals surface area contributed by atoms with Crippen molar-refractivity contribution >= 4 is 11.4 Å². The van der Waals surface area contributed by atoms with Crippen LogP contribution in [0.15, 0.2) is 34.5 Å². The minimum atomic E-state index is -1.78. The Kier molecular flexibility index (Phi) is 3.92. The lowest BCUT2D eigenvalue weighted by Crippen LogP contribution is -1.98. The van der Waals surface area contributed by atoms with Gasteiger partial charge >= 0.3 is 0 Å². The van der Waals surface area contributed by atoms with Gasteiger partial charge in [-0.1, -0.05) is 0 Å². The first-order valence-electron chi connectivity index (χ1n) is 5.28. The van der Waals surface area contributed by atoms with Gasteiger partial charge in [0.05, 0.1) is 12.8 Å². The molecule has 0 N–H and O–H groups in total. The van der Waals surface area contributed by atoms with Crippen molar-refractivity contribution in [3.8, 4) is 5.75 Å². The molecule has 0 aliphatic heterocycles. The number of rotatable bonds is 3. The van der Waals surface area contributed by atoms with E-state index in [9.17, 15) is 17.6 Å². The summed E-state index contributed by atoms with van der Waals surface area (Å²) >= 11 is 0. The van der Waals surface area contributed by atoms with Crippen LogP contribution >= 0.6 is 0 Å². The van der Waals surface area contributed by atoms with Crippen LogP contribution in [0, 0.1) is 23.5 Å². The van der Waals surface area contributed by atoms with Crippen molar-refractivity contribution < 1.29 is 22.3 Å². The third kappa shape index (κ3) is 2.73. The first-order chi connectivity index (χ1) is 9.52. The van der Waals surface area contributed by atoms with Crippen LogP contribution in [0.5, 0.6) is 5.75 Å². The number of aromatic nitrogens is 1. The molecular weight excluding hydrogens is 278 g/mol. The predicted molar refractivity (Wildman–Crippen MR) is 61.2 cm³/mol. The van der Waals surface area contributed by atoms with E-state index in [-0.39, 0.29) is 5.69 Å². The van der Waals surface area contributed by atoms with Gasteiger partial charge in [0.2, 0.25) is 11.6 Å². The SMILES string of the molecule is COc1ccc(N=Nc2c(F)c(F)nc(F)c2F)cc1. The zero-order valence-electron chi connectivity index (χ0n) is 10.1. The second-order valence-electron chi connectivity index (χ2n) is 3.57. The molecule has 0 amide bonds. The standard InChI is InChI=1S/C12H7F4N3O/c1-20-7-4-2-6(3-5-7)18-19-10-8(13)11(15)17-12(16)9(10)14/h2-5H,1H3. The van der Waals surface area contributed by atoms with Crippen LogP contribution < -0.4 is 4.74 Å². The van der Waals surface area contributed by atoms with Gasteiger partial charge in [-0.05, 0) is 24.3 Å². The number of azo groups is 1. The van der Waals surface area contributed by atoms with Gasteiger partial charge in [0.1, 0.15) is 5.75 Å². The van der Waals surface area contributed by atoms with Gasteiger partial charge < -0.3 is 4.74 Å². The topological polar surface area (TPSA) is 46.8 Å². The zero-order chi connectivity index (χ0) is 14.7. The van der Waals surface area contributed by atoms with Crippen molar-refractivity contribution in [1.82, 2.24) is 4.98 Å². The third-order valence-electron chi connectivity index (χ3n) is 2.31. The van der Waals surface area contributed by atoms with E-state index in [0.29, 0.717) is 5.75 Å². The van der Waals surface area contributed by atoms with Crippen molar-refractivity contribution in [3.63, 3.8) is 0 Å². The fourth-order valence-electron chi connectivity index (χ4n) is 1.32. The Bertz CT molecular complexity index is 632. The Hall–Kier alpha value is -2.51. The monoisotopic (exact) mass is 285 g/mol. The molecule has 0 spiro atoms. The third-order valence-corrected chi connectivity index (χ3v) is 2.31. The van der Waals surface area contributed by atoms with Crippen LogP contribution in [0.3, 0.4) is 0 Å². The highest BCUT2D eigenvalue weighted by molar-refractivity contribution is 5.43. The summed E-state index contributed by atoms with van der Waals surface area (Å²) < 4.78 is 57.1. The number of benzene rings is 1. The summed E-state index contributed by atoms with van der Waals surface area (Å²) in [7, 11) is 1.46. The van der Waals surface area contributed by atoms with E-state index in [4.69, 9.17) is 4.74 Å². The minimum absolute atomic E-state index is 0.224. The van der Waals surface area contributed by atoms with E-state index in [1.54, 1.807) is 0 Å². The zero-order valence-corrected chi connectivity index (χ0v) is 10.1. The lowest BCUT2D eigenvalue weighted by Gasteiger charge is -2.00. The van der Waals surface area contributed by atoms with Crippen LogP contribution in [0.25, 0.3) is 0 Å². The number of hydrogen-bond acceptors (Lipinski definition) is 4. The molecule has 0 aliphatic carbocycles. The second-order valence-corrected chi connectivity index (χ2v) is 3.57. The highest BCUT2D eigenvalue weighted by Gasteiger charge is 2.20. The van der Waals surface area contributed by atoms with E-state index in [1.807, 2.05) is 0 Å². The van der Waals surface area contributed by atoms with Gasteiger partial charge in [-0.3, -0.25) is 0 Å². The molecule has 0 saturated heterocycles. The quantitative estimate of drug-likeness (QED) is 0.485. The maximum absolute atomic E-state index is 13.2. The molecule has 8 heteroatoms. The maximum atomic E-state index is 13.2. The molecule has 0 unspecified atom stereocenters. The normalized spacial score (nSPS) is 11.1. The van der Waals surface area contributed by atoms with Crippen LogP contribution in [-0.4, -0.2) is 12.1 Å². The van der Waals surface area contributed by atoms with Crippen molar-refractivity contribution in [2.45, 2.75) is 0 Å². The first kappa shape index (κ1) is 13.9. The number of methoxy groups -OCH3 is 1. The van der Waals surface area contributed by atoms with Crippen LogP contribution in [-0.2, 0) is 0 Å². The van der Waals surface area contributed by atoms with Gasteiger partial charge in [-0.25, -0.2) is 0 Å². The second kappa shape index (κ2) is 5.64. The molecular formula is C12H7F4N3O. The van der Waals surface area contributed by atoms with E-state index >= 15 is 0 Å². The molecule has 0 bridgehead atoms. The molecule has 2 aromatic rings. The molecule has 0 aliphatic rings. The van der Waals surface area contributed by atoms with Crippen LogP contribution in [0.2, 0.25) is 0 Å². The highest BCUT2D eigenvalue weighted by Crippen LogP contribution is 2.27. The Morgan fingerprint density at radius 3 is 1.95 bits per heavy atom. The highest BCUT2D eigenvalue weighted by atomic mass is 19.2. The summed E-state index contributed by atoms with van der Waals surface area (Å²) in [6.07, 6.45) is 0. The molecule has 1 heterocycles. The van der Waals surface area contributed by atoms with Gasteiger partial charge in [0.25, 0.3) is 11.9 Å². The average molecular weight is 285 g/mol. The molecule has 20 heavy (non-hydrogen) atoms. The number of hydrogen-bond donors (Lipinski definition) is 0. The van der Waals surface area contributed by atoms with Crippen molar-refractivity contribution in [2.24, 2.45) is 10.2 Å². The van der Waals surface area contributed by atoms with Gasteiger partial charge in [0.15, 0.2) is 5.69 Å². The molecule has 4 nitrogen and oxygen atoms in total. The maximum Gasteiger partial charge on any atom is 0.254 e. The van der Waals surface area contributed by atoms with Gasteiger partial charge in [0, 0.05) is 0 Å². The Morgan fingerprint density at radius 2 is 1.45 bits per heavy atom. The van der Waals surface area contributed by atoms with Gasteiger partial charge in [-0.2, -0.15) is 27.7 Å². The van der Waals surface area contributed by atoms with Gasteiger partial charge in [-0.15, -0.1) is 5.11 Å². The number of halogens is 4. The summed E-state index contributed by atoms with van der Waals surface area (Å²) in [6, 6.07) is 5.97. The summed E-state index contributed by atoms with van der Waals surface area (Å²) in [5.74, 6) is -6.44. The molecule has 0 saturated carbocycles. The lowest BCUT2D eigenvalue weighted by molar-refractivity contribution is 0.409. The molecule has 2 rings (SSSR count). The van der Waals surface area contributed by atoms with Crippen molar-refractivity contribution in [1.29, 1.82) is 0 Å². The van der Waals surface area contributed by atoms with E-state index in [2.05, 4.69) is 15.2 Å². The fraction of sp³-hybridized carbons (Fsp3) is 0.0833. The minimum Gasteiger partial charge on any atom is -0.497 e. The number of pyridine rings is 1. The predicted octanol–water partition coefficient (Wildman–Crippen LogP) is 4.06. The Balaban J connectivity index is 2.35. The average Bonchev–Trinajstić information content (AvgIpc) is 2.46. The Labute approximate surface area is 110 Å². The molecule has 0 radical (unpaired) electrons. The molecule has 0 fully saturated rings. The lowest BCUT2D eigenvalue weighted by atomic mass is 10.3. The summed E-state index contributed by atoms with van der Waals surface area (Å²) in [5, 5.41) is 6.65. The summed E-state index contributed by atoms with van der Waals surface area (Å²) in [5.41, 5.74) is -0.951. The largest absolute Gasteiger partial charge is 0.497 e. The van der Waals surface area contributed by atoms with E-state index < -0.39 is 29.2 Å². The molecule has 104 valence electrons. The van der Waals surface area contributed by atoms with Crippen LogP contribution in [0.1, 0.15) is 0 Å². The van der Waals surface area contributed by atoms with Crippen LogP contribution in [0.4, 0.5) is 28.9 Å². The van der Waals surface area contributed by atoms with E-state index in [0.717, 1.165) is 0 Å². The van der Waals surface area contributed by atoms with E-state index in [1.165, 1.54) is 31.4 Å². The number of nitrogens with zero attached hydrogens (tertiary/aromatic N) is 3. The van der Waals surface area contributed by atoms with Crippen molar-refractivity contribution in [2.75, 3.05) is 7.11 Å². The molecule has 1 aromatic carbocycles. The summed E-state index contributed by atoms with van der Waals surface area (Å²) in [6.45, 7) is 0.